The van der Waals surface area contributed by atoms with Gasteiger partial charge in [0, 0.05) is 27.0 Å². The number of benzene rings is 2. The van der Waals surface area contributed by atoms with Crippen LogP contribution in [0, 0.1) is 15.4 Å². The number of hydrogen-bond acceptors (Lipinski definition) is 9. The molecule has 1 fully saturated rings. The molecule has 0 radical (unpaired) electrons. The molecule has 3 aliphatic carbocycles. The van der Waals surface area contributed by atoms with Gasteiger partial charge in [0.05, 0.1) is 11.6 Å². The number of ketones is 2. The Labute approximate surface area is 242 Å². The number of aliphatic hydroxyl groups excluding tert-OH is 2. The number of halogens is 1. The van der Waals surface area contributed by atoms with Crippen LogP contribution < -0.4 is 10.5 Å². The van der Waals surface area contributed by atoms with E-state index in [2.05, 4.69) is 22.6 Å². The van der Waals surface area contributed by atoms with Crippen molar-refractivity contribution in [3.8, 4) is 11.5 Å². The summed E-state index contributed by atoms with van der Waals surface area (Å²) in [5, 5.41) is 45.7. The average Bonchev–Trinajstić information content (AvgIpc) is 3.32. The number of para-hydroxylation sites is 1. The molecule has 5 unspecified atom stereocenters. The van der Waals surface area contributed by atoms with Crippen molar-refractivity contribution in [2.24, 2.45) is 17.6 Å². The largest absolute Gasteiger partial charge is 0.508 e. The van der Waals surface area contributed by atoms with Crippen LogP contribution in [0.4, 0.5) is 0 Å². The number of amides is 1. The van der Waals surface area contributed by atoms with Gasteiger partial charge in [0.25, 0.3) is 5.91 Å². The van der Waals surface area contributed by atoms with Gasteiger partial charge in [-0.15, -0.1) is 0 Å². The quantitative estimate of drug-likeness (QED) is 0.245. The van der Waals surface area contributed by atoms with E-state index in [1.54, 1.807) is 14.1 Å². The summed E-state index contributed by atoms with van der Waals surface area (Å²) >= 11 is 2.13. The topological polar surface area (TPSA) is 171 Å². The fraction of sp³-hybridized carbons (Fsp3) is 0.345. The van der Waals surface area contributed by atoms with Crippen LogP contribution in [0.25, 0.3) is 5.76 Å². The van der Waals surface area contributed by atoms with Crippen molar-refractivity contribution >= 4 is 45.8 Å². The molecule has 208 valence electrons. The van der Waals surface area contributed by atoms with Crippen molar-refractivity contribution in [3.05, 3.63) is 73.1 Å². The Morgan fingerprint density at radius 3 is 2.50 bits per heavy atom. The van der Waals surface area contributed by atoms with Gasteiger partial charge in [-0.25, -0.2) is 0 Å². The minimum Gasteiger partial charge on any atom is -0.508 e. The van der Waals surface area contributed by atoms with Crippen LogP contribution in [-0.2, 0) is 27.2 Å². The summed E-state index contributed by atoms with van der Waals surface area (Å²) in [4.78, 5) is 40.8. The predicted molar refractivity (Wildman–Crippen MR) is 150 cm³/mol. The first-order chi connectivity index (χ1) is 18.9. The Bertz CT molecular complexity index is 1570. The normalized spacial score (nSPS) is 29.1. The number of primary amides is 1. The van der Waals surface area contributed by atoms with Gasteiger partial charge in [0.15, 0.2) is 11.4 Å². The lowest BCUT2D eigenvalue weighted by molar-refractivity contribution is -0.153. The van der Waals surface area contributed by atoms with Crippen molar-refractivity contribution in [2.75, 3.05) is 14.1 Å². The van der Waals surface area contributed by atoms with Gasteiger partial charge in [-0.05, 0) is 78.7 Å². The van der Waals surface area contributed by atoms with Crippen LogP contribution in [0.2, 0.25) is 0 Å². The number of nitrogens with two attached hydrogens (primary N) is 1. The summed E-state index contributed by atoms with van der Waals surface area (Å²) in [6.07, 6.45) is 0.281. The zero-order valence-corrected chi connectivity index (χ0v) is 23.8. The van der Waals surface area contributed by atoms with Crippen LogP contribution in [-0.4, -0.2) is 68.5 Å². The summed E-state index contributed by atoms with van der Waals surface area (Å²) < 4.78 is 6.83. The van der Waals surface area contributed by atoms with Crippen LogP contribution in [0.3, 0.4) is 0 Å². The molecule has 1 heterocycles. The first-order valence-corrected chi connectivity index (χ1v) is 13.9. The zero-order chi connectivity index (χ0) is 28.8. The number of carbonyl (C=O) groups is 3. The van der Waals surface area contributed by atoms with E-state index < -0.39 is 64.1 Å². The number of aliphatic hydroxyl groups is 3. The number of nitrogens with zero attached hydrogens (tertiary/aromatic N) is 1. The zero-order valence-electron chi connectivity index (χ0n) is 21.6. The number of ether oxygens (including phenoxy) is 1. The third-order valence-electron chi connectivity index (χ3n) is 8.69. The molecule has 0 bridgehead atoms. The van der Waals surface area contributed by atoms with E-state index in [-0.39, 0.29) is 29.7 Å². The number of hydrogen-bond donors (Lipinski definition) is 5. The molecule has 11 heteroatoms. The van der Waals surface area contributed by atoms with E-state index in [9.17, 15) is 34.8 Å². The molecule has 2 aromatic carbocycles. The number of fused-ring (bicyclic) bond motifs is 4. The van der Waals surface area contributed by atoms with Crippen LogP contribution >= 0.6 is 22.6 Å². The molecule has 1 amide bonds. The molecular formula is C29H27IN2O8. The van der Waals surface area contributed by atoms with Gasteiger partial charge >= 0.3 is 0 Å². The number of aromatic hydroxyl groups is 1. The van der Waals surface area contributed by atoms with E-state index >= 15 is 0 Å². The van der Waals surface area contributed by atoms with E-state index in [1.165, 1.54) is 4.90 Å². The Morgan fingerprint density at radius 1 is 1.15 bits per heavy atom. The lowest BCUT2D eigenvalue weighted by Gasteiger charge is -2.50. The summed E-state index contributed by atoms with van der Waals surface area (Å²) in [6.45, 7) is 0. The third-order valence-corrected chi connectivity index (χ3v) is 9.65. The maximum Gasteiger partial charge on any atom is 0.255 e. The second-order valence-electron chi connectivity index (χ2n) is 11.0. The Hall–Kier alpha value is -3.42. The fourth-order valence-corrected chi connectivity index (χ4v) is 7.71. The van der Waals surface area contributed by atoms with E-state index in [4.69, 9.17) is 10.5 Å². The molecule has 4 aliphatic rings. The first-order valence-electron chi connectivity index (χ1n) is 12.8. The van der Waals surface area contributed by atoms with Gasteiger partial charge in [-0.1, -0.05) is 18.2 Å². The summed E-state index contributed by atoms with van der Waals surface area (Å²) in [5.41, 5.74) is 3.82. The number of phenolic OH excluding ortho intramolecular Hbond substituents is 1. The highest BCUT2D eigenvalue weighted by Crippen LogP contribution is 2.54. The maximum atomic E-state index is 14.0. The second kappa shape index (κ2) is 9.05. The molecular weight excluding hydrogens is 631 g/mol. The molecule has 1 aliphatic heterocycles. The van der Waals surface area contributed by atoms with Crippen molar-refractivity contribution < 1.29 is 39.5 Å². The fourth-order valence-electron chi connectivity index (χ4n) is 6.89. The predicted octanol–water partition coefficient (Wildman–Crippen LogP) is 2.24. The molecule has 2 aromatic rings. The second-order valence-corrected chi connectivity index (χ2v) is 12.2. The van der Waals surface area contributed by atoms with E-state index in [0.717, 1.165) is 9.13 Å². The summed E-state index contributed by atoms with van der Waals surface area (Å²) in [7, 11) is 3.14. The molecule has 6 N–H and O–H groups in total. The van der Waals surface area contributed by atoms with Gasteiger partial charge < -0.3 is 30.9 Å². The summed E-state index contributed by atoms with van der Waals surface area (Å²) in [6, 6.07) is 8.23. The van der Waals surface area contributed by atoms with E-state index in [1.807, 2.05) is 30.3 Å². The number of carbonyl (C=O) groups excluding carboxylic acids is 3. The molecule has 10 nitrogen and oxygen atoms in total. The molecule has 5 atom stereocenters. The lowest BCUT2D eigenvalue weighted by Crippen LogP contribution is -2.65. The van der Waals surface area contributed by atoms with Crippen molar-refractivity contribution in [1.82, 2.24) is 4.90 Å². The number of phenols is 1. The first kappa shape index (κ1) is 26.8. The van der Waals surface area contributed by atoms with Crippen molar-refractivity contribution in [2.45, 2.75) is 37.0 Å². The molecule has 0 aromatic heterocycles. The van der Waals surface area contributed by atoms with Gasteiger partial charge in [0.1, 0.15) is 34.7 Å². The van der Waals surface area contributed by atoms with Crippen molar-refractivity contribution in [3.63, 3.8) is 0 Å². The average molecular weight is 658 g/mol. The van der Waals surface area contributed by atoms with Crippen LogP contribution in [0.1, 0.15) is 34.8 Å². The molecule has 40 heavy (non-hydrogen) atoms. The number of rotatable bonds is 3. The maximum absolute atomic E-state index is 14.0. The minimum absolute atomic E-state index is 0.0470. The van der Waals surface area contributed by atoms with Gasteiger partial charge in [-0.3, -0.25) is 19.3 Å². The Balaban J connectivity index is 1.50. The van der Waals surface area contributed by atoms with Gasteiger partial charge in [-0.2, -0.15) is 0 Å². The minimum atomic E-state index is -2.67. The highest BCUT2D eigenvalue weighted by atomic mass is 127. The van der Waals surface area contributed by atoms with Crippen LogP contribution in [0.15, 0.2) is 47.2 Å². The lowest BCUT2D eigenvalue weighted by atomic mass is 9.57. The highest BCUT2D eigenvalue weighted by Gasteiger charge is 2.64. The Morgan fingerprint density at radius 2 is 1.85 bits per heavy atom. The summed E-state index contributed by atoms with van der Waals surface area (Å²) in [5.74, 6) is -5.95. The third kappa shape index (κ3) is 3.50. The monoisotopic (exact) mass is 658 g/mol. The molecule has 0 spiro atoms. The number of likely N-dealkylation sites (N-methyl/N-ethyl adjacent to an activating group) is 1. The number of Topliss-reactive ketones (excluding diaryl/α,β-unsaturated/α-hetero) is 2. The van der Waals surface area contributed by atoms with Crippen LogP contribution in [0.5, 0.6) is 11.5 Å². The van der Waals surface area contributed by atoms with Gasteiger partial charge in [0.2, 0.25) is 5.78 Å². The SMILES string of the molecule is CN(C)C1C(=O)C(C(N)=O)=C(O)C2(O)C(=O)C3=C(O)c4c(O)c(C5Cc6ccccc6O5)cc(I)c4CC3CC12. The standard InChI is InChI=1S/C29H27IN2O8/c1-32(2)22-15-8-12-7-13-16(30)10-14(18-9-11-5-3-4-6-17(11)40-18)23(33)20(13)24(34)19(12)26(36)29(15,39)27(37)21(25(22)35)28(31)38/h3-6,10,12,15,18,22,33-34,37,39H,7-9H2,1-2H3,(H2,31,38). The smallest absolute Gasteiger partial charge is 0.255 e. The molecule has 0 saturated heterocycles. The highest BCUT2D eigenvalue weighted by molar-refractivity contribution is 14.1. The molecule has 6 rings (SSSR count). The Kier molecular flexibility index (Phi) is 6.06. The van der Waals surface area contributed by atoms with E-state index in [0.29, 0.717) is 23.3 Å². The molecule has 1 saturated carbocycles. The van der Waals surface area contributed by atoms with Crippen molar-refractivity contribution in [1.29, 1.82) is 0 Å².